The number of azo groups is 1. The van der Waals surface area contributed by atoms with Crippen LogP contribution in [0.4, 0.5) is 17.1 Å². The predicted molar refractivity (Wildman–Crippen MR) is 117 cm³/mol. The quantitative estimate of drug-likeness (QED) is 0.205. The number of hydrogen-bond acceptors (Lipinski definition) is 7. The first kappa shape index (κ1) is 21.0. The monoisotopic (exact) mass is 516 g/mol. The predicted octanol–water partition coefficient (Wildman–Crippen LogP) is 5.31. The summed E-state index contributed by atoms with van der Waals surface area (Å²) in [6, 6.07) is 18.5. The van der Waals surface area contributed by atoms with E-state index >= 15 is 0 Å². The first-order valence-corrected chi connectivity index (χ1v) is 9.54. The molecule has 0 heterocycles. The molecule has 0 aliphatic rings. The van der Waals surface area contributed by atoms with E-state index in [0.717, 1.165) is 3.57 Å². The van der Waals surface area contributed by atoms with Crippen LogP contribution in [0.25, 0.3) is 0 Å². The molecule has 0 bridgehead atoms. The van der Waals surface area contributed by atoms with E-state index in [1.54, 1.807) is 36.4 Å². The van der Waals surface area contributed by atoms with Crippen LogP contribution in [0.5, 0.6) is 0 Å². The number of rotatable bonds is 6. The summed E-state index contributed by atoms with van der Waals surface area (Å²) < 4.78 is 0.786. The average molecular weight is 516 g/mol. The standard InChI is InChI=1S/C20H13IN4O5/c21-18-4-2-1-3-17(18)19(26)23-22-14-7-9-15(10-8-14)24-30-20(27)13-5-11-16(12-6-13)25(28)29/h1-12,24H. The number of halogens is 1. The maximum atomic E-state index is 12.1. The van der Waals surface area contributed by atoms with Crippen molar-refractivity contribution in [3.63, 3.8) is 0 Å². The second-order valence-electron chi connectivity index (χ2n) is 5.83. The third-order valence-electron chi connectivity index (χ3n) is 3.80. The van der Waals surface area contributed by atoms with Crippen molar-refractivity contribution in [1.29, 1.82) is 0 Å². The molecule has 0 atom stereocenters. The van der Waals surface area contributed by atoms with Crippen molar-refractivity contribution >= 4 is 51.5 Å². The molecule has 0 aliphatic heterocycles. The van der Waals surface area contributed by atoms with Crippen LogP contribution in [-0.4, -0.2) is 16.8 Å². The number of carbonyl (C=O) groups is 2. The van der Waals surface area contributed by atoms with Gasteiger partial charge >= 0.3 is 5.97 Å². The molecule has 9 nitrogen and oxygen atoms in total. The van der Waals surface area contributed by atoms with Crippen LogP contribution in [0.2, 0.25) is 0 Å². The molecule has 0 aromatic heterocycles. The Balaban J connectivity index is 1.56. The minimum atomic E-state index is -0.697. The lowest BCUT2D eigenvalue weighted by molar-refractivity contribution is -0.384. The smallest absolute Gasteiger partial charge is 0.338 e. The summed E-state index contributed by atoms with van der Waals surface area (Å²) in [5.74, 6) is -1.14. The molecule has 3 rings (SSSR count). The fraction of sp³-hybridized carbons (Fsp3) is 0. The van der Waals surface area contributed by atoms with E-state index in [1.807, 2.05) is 12.1 Å². The highest BCUT2D eigenvalue weighted by molar-refractivity contribution is 14.1. The van der Waals surface area contributed by atoms with Crippen molar-refractivity contribution < 1.29 is 19.3 Å². The largest absolute Gasteiger partial charge is 0.362 e. The van der Waals surface area contributed by atoms with Gasteiger partial charge in [-0.15, -0.1) is 10.2 Å². The molecule has 0 radical (unpaired) electrons. The second-order valence-corrected chi connectivity index (χ2v) is 6.99. The SMILES string of the molecule is O=C(ONc1ccc(N=NC(=O)c2ccccc2I)cc1)c1ccc([N+](=O)[O-])cc1. The lowest BCUT2D eigenvalue weighted by Crippen LogP contribution is -2.10. The molecule has 1 amide bonds. The number of nitro groups is 1. The van der Waals surface area contributed by atoms with Gasteiger partial charge < -0.3 is 4.84 Å². The molecule has 1 N–H and O–H groups in total. The topological polar surface area (TPSA) is 123 Å². The number of anilines is 1. The molecule has 0 aliphatic carbocycles. The van der Waals surface area contributed by atoms with Gasteiger partial charge in [-0.3, -0.25) is 14.9 Å². The van der Waals surface area contributed by atoms with E-state index in [1.165, 1.54) is 24.3 Å². The Morgan fingerprint density at radius 1 is 0.967 bits per heavy atom. The number of nitro benzene ring substituents is 1. The number of nitrogens with one attached hydrogen (secondary N) is 1. The van der Waals surface area contributed by atoms with Crippen LogP contribution >= 0.6 is 22.6 Å². The van der Waals surface area contributed by atoms with E-state index in [9.17, 15) is 19.7 Å². The highest BCUT2D eigenvalue weighted by Crippen LogP contribution is 2.19. The Hall–Kier alpha value is -3.67. The molecule has 0 saturated carbocycles. The van der Waals surface area contributed by atoms with Crippen molar-refractivity contribution in [3.05, 3.63) is 97.6 Å². The zero-order chi connectivity index (χ0) is 21.5. The van der Waals surface area contributed by atoms with Gasteiger partial charge in [0.1, 0.15) is 0 Å². The van der Waals surface area contributed by atoms with Gasteiger partial charge in [-0.25, -0.2) is 10.3 Å². The molecule has 10 heteroatoms. The zero-order valence-corrected chi connectivity index (χ0v) is 17.3. The highest BCUT2D eigenvalue weighted by Gasteiger charge is 2.11. The van der Waals surface area contributed by atoms with Gasteiger partial charge in [0.05, 0.1) is 27.4 Å². The van der Waals surface area contributed by atoms with Crippen molar-refractivity contribution in [2.75, 3.05) is 5.48 Å². The number of amides is 1. The van der Waals surface area contributed by atoms with Crippen LogP contribution in [0.1, 0.15) is 20.7 Å². The zero-order valence-electron chi connectivity index (χ0n) is 15.2. The summed E-state index contributed by atoms with van der Waals surface area (Å²) in [4.78, 5) is 39.1. The number of hydrogen-bond donors (Lipinski definition) is 1. The second kappa shape index (κ2) is 9.69. The normalized spacial score (nSPS) is 10.6. The van der Waals surface area contributed by atoms with Crippen LogP contribution in [0, 0.1) is 13.7 Å². The first-order chi connectivity index (χ1) is 14.4. The molecule has 150 valence electrons. The van der Waals surface area contributed by atoms with Crippen LogP contribution in [0.15, 0.2) is 83.0 Å². The van der Waals surface area contributed by atoms with E-state index < -0.39 is 16.8 Å². The molecule has 30 heavy (non-hydrogen) atoms. The first-order valence-electron chi connectivity index (χ1n) is 8.46. The summed E-state index contributed by atoms with van der Waals surface area (Å²) in [6.07, 6.45) is 0. The van der Waals surface area contributed by atoms with Gasteiger partial charge in [-0.1, -0.05) is 12.1 Å². The Morgan fingerprint density at radius 3 is 2.27 bits per heavy atom. The molecule has 0 saturated heterocycles. The molecule has 0 fully saturated rings. The van der Waals surface area contributed by atoms with E-state index in [4.69, 9.17) is 4.84 Å². The summed E-state index contributed by atoms with van der Waals surface area (Å²) in [6.45, 7) is 0. The summed E-state index contributed by atoms with van der Waals surface area (Å²) in [7, 11) is 0. The van der Waals surface area contributed by atoms with Crippen molar-refractivity contribution in [2.24, 2.45) is 10.2 Å². The average Bonchev–Trinajstić information content (AvgIpc) is 2.77. The number of nitrogens with zero attached hydrogens (tertiary/aromatic N) is 3. The van der Waals surface area contributed by atoms with Crippen molar-refractivity contribution in [1.82, 2.24) is 0 Å². The van der Waals surface area contributed by atoms with E-state index in [0.29, 0.717) is 16.9 Å². The van der Waals surface area contributed by atoms with Gasteiger partial charge in [0, 0.05) is 15.7 Å². The molecule has 0 unspecified atom stereocenters. The van der Waals surface area contributed by atoms with Crippen LogP contribution < -0.4 is 5.48 Å². The van der Waals surface area contributed by atoms with Crippen LogP contribution in [0.3, 0.4) is 0 Å². The third kappa shape index (κ3) is 5.44. The molecule has 3 aromatic rings. The lowest BCUT2D eigenvalue weighted by atomic mass is 10.2. The Kier molecular flexibility index (Phi) is 6.80. The summed E-state index contributed by atoms with van der Waals surface area (Å²) in [5, 5.41) is 18.3. The maximum Gasteiger partial charge on any atom is 0.362 e. The fourth-order valence-electron chi connectivity index (χ4n) is 2.27. The summed E-state index contributed by atoms with van der Waals surface area (Å²) in [5.41, 5.74) is 3.90. The van der Waals surface area contributed by atoms with Crippen molar-refractivity contribution in [2.45, 2.75) is 0 Å². The Bertz CT molecular complexity index is 1110. The van der Waals surface area contributed by atoms with Gasteiger partial charge in [-0.05, 0) is 71.1 Å². The maximum absolute atomic E-state index is 12.1. The lowest BCUT2D eigenvalue weighted by Gasteiger charge is -2.06. The summed E-state index contributed by atoms with van der Waals surface area (Å²) >= 11 is 2.06. The van der Waals surface area contributed by atoms with E-state index in [-0.39, 0.29) is 11.3 Å². The molecule has 0 spiro atoms. The molecular weight excluding hydrogens is 503 g/mol. The highest BCUT2D eigenvalue weighted by atomic mass is 127. The van der Waals surface area contributed by atoms with Gasteiger partial charge in [-0.2, -0.15) is 0 Å². The Morgan fingerprint density at radius 2 is 1.63 bits per heavy atom. The van der Waals surface area contributed by atoms with E-state index in [2.05, 4.69) is 38.3 Å². The van der Waals surface area contributed by atoms with Gasteiger partial charge in [0.25, 0.3) is 11.6 Å². The van der Waals surface area contributed by atoms with Gasteiger partial charge in [0.15, 0.2) is 0 Å². The van der Waals surface area contributed by atoms with Crippen LogP contribution in [-0.2, 0) is 4.84 Å². The number of benzene rings is 3. The fourth-order valence-corrected chi connectivity index (χ4v) is 2.89. The number of carbonyl (C=O) groups excluding carboxylic acids is 2. The Labute approximate surface area is 184 Å². The molecular formula is C20H13IN4O5. The van der Waals surface area contributed by atoms with Crippen molar-refractivity contribution in [3.8, 4) is 0 Å². The minimum absolute atomic E-state index is 0.121. The van der Waals surface area contributed by atoms with Gasteiger partial charge in [0.2, 0.25) is 0 Å². The minimum Gasteiger partial charge on any atom is -0.338 e. The third-order valence-corrected chi connectivity index (χ3v) is 4.74. The molecule has 3 aromatic carbocycles. The number of non-ortho nitro benzene ring substituents is 1.